The number of carboxylic acid groups (broad SMARTS) is 1. The molecule has 32 heavy (non-hydrogen) atoms. The van der Waals surface area contributed by atoms with E-state index in [1.165, 1.54) is 12.3 Å². The standard InChI is InChI=1S/C24H20F3NO4/c25-24(26,27)18-5-1-4-17(12-18)20-13-32-22(28-20)10-8-15-7-9-19-16(11-15)3-2-6-21(19)31-14-23(29)30/h1-6,8,10,12-13,15H,7,9,11,14H2,(H,29,30)/b10-8+. The summed E-state index contributed by atoms with van der Waals surface area (Å²) in [6, 6.07) is 10.6. The van der Waals surface area contributed by atoms with E-state index in [9.17, 15) is 18.0 Å². The minimum atomic E-state index is -4.42. The SMILES string of the molecule is O=C(O)COc1cccc2c1CCC(/C=C/c1nc(-c3cccc(C(F)(F)F)c3)co1)C2. The maximum Gasteiger partial charge on any atom is 0.416 e. The molecule has 1 aromatic heterocycles. The van der Waals surface area contributed by atoms with Gasteiger partial charge in [0.25, 0.3) is 0 Å². The Bertz CT molecular complexity index is 1150. The van der Waals surface area contributed by atoms with Crippen molar-refractivity contribution in [1.82, 2.24) is 4.98 Å². The number of aliphatic carboxylic acids is 1. The maximum absolute atomic E-state index is 12.9. The lowest BCUT2D eigenvalue weighted by atomic mass is 9.83. The number of hydrogen-bond acceptors (Lipinski definition) is 4. The Hall–Kier alpha value is -3.55. The lowest BCUT2D eigenvalue weighted by Crippen LogP contribution is -2.16. The summed E-state index contributed by atoms with van der Waals surface area (Å²) < 4.78 is 49.6. The van der Waals surface area contributed by atoms with E-state index in [-0.39, 0.29) is 12.5 Å². The topological polar surface area (TPSA) is 72.6 Å². The molecule has 8 heteroatoms. The van der Waals surface area contributed by atoms with Crippen molar-refractivity contribution in [3.63, 3.8) is 0 Å². The molecule has 0 bridgehead atoms. The molecule has 0 saturated heterocycles. The first-order valence-corrected chi connectivity index (χ1v) is 10.1. The minimum Gasteiger partial charge on any atom is -0.482 e. The van der Waals surface area contributed by atoms with E-state index in [1.807, 2.05) is 18.2 Å². The molecule has 3 aromatic rings. The van der Waals surface area contributed by atoms with Crippen molar-refractivity contribution in [2.45, 2.75) is 25.4 Å². The highest BCUT2D eigenvalue weighted by atomic mass is 19.4. The fourth-order valence-electron chi connectivity index (χ4n) is 3.81. The molecule has 166 valence electrons. The molecule has 0 aliphatic heterocycles. The summed E-state index contributed by atoms with van der Waals surface area (Å²) in [6.45, 7) is -0.377. The van der Waals surface area contributed by atoms with Crippen LogP contribution in [-0.2, 0) is 23.8 Å². The molecule has 0 spiro atoms. The van der Waals surface area contributed by atoms with Crippen molar-refractivity contribution < 1.29 is 32.2 Å². The molecule has 1 aliphatic carbocycles. The van der Waals surface area contributed by atoms with Crippen LogP contribution in [0.4, 0.5) is 13.2 Å². The molecule has 4 rings (SSSR count). The fraction of sp³-hybridized carbons (Fsp3) is 0.250. The van der Waals surface area contributed by atoms with Gasteiger partial charge < -0.3 is 14.3 Å². The second kappa shape index (κ2) is 8.90. The number of oxazole rings is 1. The number of fused-ring (bicyclic) bond motifs is 1. The zero-order chi connectivity index (χ0) is 22.7. The Labute approximate surface area is 182 Å². The summed E-state index contributed by atoms with van der Waals surface area (Å²) >= 11 is 0. The van der Waals surface area contributed by atoms with Crippen LogP contribution in [0.15, 0.2) is 59.2 Å². The van der Waals surface area contributed by atoms with Crippen molar-refractivity contribution in [2.24, 2.45) is 5.92 Å². The Kier molecular flexibility index (Phi) is 6.03. The van der Waals surface area contributed by atoms with E-state index in [0.717, 1.165) is 42.5 Å². The molecule has 1 aliphatic rings. The highest BCUT2D eigenvalue weighted by molar-refractivity contribution is 5.68. The first-order valence-electron chi connectivity index (χ1n) is 10.1. The number of aromatic nitrogens is 1. The molecular weight excluding hydrogens is 423 g/mol. The number of benzene rings is 2. The molecule has 5 nitrogen and oxygen atoms in total. The molecule has 0 amide bonds. The number of halogens is 3. The van der Waals surface area contributed by atoms with Crippen LogP contribution in [0.3, 0.4) is 0 Å². The fourth-order valence-corrected chi connectivity index (χ4v) is 3.81. The van der Waals surface area contributed by atoms with Gasteiger partial charge in [-0.3, -0.25) is 0 Å². The van der Waals surface area contributed by atoms with Crippen molar-refractivity contribution in [2.75, 3.05) is 6.61 Å². The number of carbonyl (C=O) groups is 1. The van der Waals surface area contributed by atoms with Gasteiger partial charge in [-0.1, -0.05) is 30.3 Å². The second-order valence-electron chi connectivity index (χ2n) is 7.59. The third-order valence-corrected chi connectivity index (χ3v) is 5.35. The Morgan fingerprint density at radius 3 is 2.84 bits per heavy atom. The molecule has 1 atom stereocenters. The summed E-state index contributed by atoms with van der Waals surface area (Å²) in [5.41, 5.74) is 2.07. The van der Waals surface area contributed by atoms with Gasteiger partial charge in [0.1, 0.15) is 17.7 Å². The van der Waals surface area contributed by atoms with Crippen LogP contribution in [0.2, 0.25) is 0 Å². The van der Waals surface area contributed by atoms with Gasteiger partial charge in [0.2, 0.25) is 5.89 Å². The first-order chi connectivity index (χ1) is 15.3. The molecule has 0 saturated carbocycles. The van der Waals surface area contributed by atoms with E-state index >= 15 is 0 Å². The summed E-state index contributed by atoms with van der Waals surface area (Å²) in [5, 5.41) is 8.82. The number of nitrogens with zero attached hydrogens (tertiary/aromatic N) is 1. The van der Waals surface area contributed by atoms with E-state index in [4.69, 9.17) is 14.3 Å². The Morgan fingerprint density at radius 1 is 1.25 bits per heavy atom. The molecule has 0 radical (unpaired) electrons. The number of carboxylic acids is 1. The van der Waals surface area contributed by atoms with E-state index in [0.29, 0.717) is 22.9 Å². The van der Waals surface area contributed by atoms with Gasteiger partial charge in [0.05, 0.1) is 5.56 Å². The maximum atomic E-state index is 12.9. The largest absolute Gasteiger partial charge is 0.482 e. The van der Waals surface area contributed by atoms with E-state index < -0.39 is 17.7 Å². The van der Waals surface area contributed by atoms with E-state index in [1.54, 1.807) is 18.2 Å². The van der Waals surface area contributed by atoms with Gasteiger partial charge in [-0.15, -0.1) is 0 Å². The predicted octanol–water partition coefficient (Wildman–Crippen LogP) is 5.64. The minimum absolute atomic E-state index is 0.223. The van der Waals surface area contributed by atoms with Crippen molar-refractivity contribution in [1.29, 1.82) is 0 Å². The average Bonchev–Trinajstić information content (AvgIpc) is 3.24. The molecule has 0 fully saturated rings. The summed E-state index contributed by atoms with van der Waals surface area (Å²) in [7, 11) is 0. The van der Waals surface area contributed by atoms with Gasteiger partial charge in [0, 0.05) is 5.56 Å². The second-order valence-corrected chi connectivity index (χ2v) is 7.59. The highest BCUT2D eigenvalue weighted by Gasteiger charge is 2.30. The predicted molar refractivity (Wildman–Crippen MR) is 111 cm³/mol. The number of ether oxygens (including phenoxy) is 1. The normalized spacial score (nSPS) is 16.2. The third-order valence-electron chi connectivity index (χ3n) is 5.35. The zero-order valence-corrected chi connectivity index (χ0v) is 16.9. The molecule has 2 aromatic carbocycles. The number of alkyl halides is 3. The lowest BCUT2D eigenvalue weighted by molar-refractivity contribution is -0.139. The van der Waals surface area contributed by atoms with E-state index in [2.05, 4.69) is 4.98 Å². The van der Waals surface area contributed by atoms with Crippen molar-refractivity contribution in [3.05, 3.63) is 77.4 Å². The number of rotatable bonds is 6. The van der Waals surface area contributed by atoms with Crippen LogP contribution in [0.1, 0.15) is 29.0 Å². The van der Waals surface area contributed by atoms with Crippen LogP contribution < -0.4 is 4.74 Å². The Balaban J connectivity index is 1.44. The molecule has 1 heterocycles. The van der Waals surface area contributed by atoms with Crippen LogP contribution in [0.25, 0.3) is 17.3 Å². The van der Waals surface area contributed by atoms with Gasteiger partial charge in [-0.05, 0) is 60.6 Å². The third kappa shape index (κ3) is 5.01. The van der Waals surface area contributed by atoms with Crippen LogP contribution in [0.5, 0.6) is 5.75 Å². The number of hydrogen-bond donors (Lipinski definition) is 1. The van der Waals surface area contributed by atoms with Crippen molar-refractivity contribution in [3.8, 4) is 17.0 Å². The highest BCUT2D eigenvalue weighted by Crippen LogP contribution is 2.34. The average molecular weight is 443 g/mol. The van der Waals surface area contributed by atoms with Gasteiger partial charge in [-0.25, -0.2) is 9.78 Å². The summed E-state index contributed by atoms with van der Waals surface area (Å²) in [5.74, 6) is 0.128. The van der Waals surface area contributed by atoms with Crippen LogP contribution in [0, 0.1) is 5.92 Å². The zero-order valence-electron chi connectivity index (χ0n) is 16.9. The van der Waals surface area contributed by atoms with Crippen molar-refractivity contribution >= 4 is 12.0 Å². The smallest absolute Gasteiger partial charge is 0.416 e. The lowest BCUT2D eigenvalue weighted by Gasteiger charge is -2.24. The first kappa shape index (κ1) is 21.7. The van der Waals surface area contributed by atoms with Crippen LogP contribution >= 0.6 is 0 Å². The molecule has 1 N–H and O–H groups in total. The quantitative estimate of drug-likeness (QED) is 0.534. The van der Waals surface area contributed by atoms with Gasteiger partial charge in [0.15, 0.2) is 6.61 Å². The van der Waals surface area contributed by atoms with Gasteiger partial charge >= 0.3 is 12.1 Å². The summed E-state index contributed by atoms with van der Waals surface area (Å²) in [4.78, 5) is 15.1. The van der Waals surface area contributed by atoms with Gasteiger partial charge in [-0.2, -0.15) is 13.2 Å². The summed E-state index contributed by atoms with van der Waals surface area (Å²) in [6.07, 6.45) is 3.00. The molecular formula is C24H20F3NO4. The Morgan fingerprint density at radius 2 is 2.06 bits per heavy atom. The monoisotopic (exact) mass is 443 g/mol. The molecule has 1 unspecified atom stereocenters. The van der Waals surface area contributed by atoms with Crippen LogP contribution in [-0.4, -0.2) is 22.7 Å². The number of allylic oxidation sites excluding steroid dienone is 1.